The van der Waals surface area contributed by atoms with Gasteiger partial charge in [0, 0.05) is 0 Å². The van der Waals surface area contributed by atoms with Crippen LogP contribution in [-0.4, -0.2) is 22.2 Å². The molecule has 0 saturated heterocycles. The number of carboxylic acid groups (broad SMARTS) is 2. The Hall–Kier alpha value is -1.06. The van der Waals surface area contributed by atoms with Crippen LogP contribution in [0.4, 0.5) is 0 Å². The van der Waals surface area contributed by atoms with Gasteiger partial charge in [-0.1, -0.05) is 27.7 Å². The maximum absolute atomic E-state index is 11.9. The predicted molar refractivity (Wildman–Crippen MR) is 72.8 cm³/mol. The van der Waals surface area contributed by atoms with Gasteiger partial charge in [-0.25, -0.2) is 0 Å². The molecule has 0 amide bonds. The minimum Gasteiger partial charge on any atom is -0.481 e. The summed E-state index contributed by atoms with van der Waals surface area (Å²) in [6.07, 6.45) is 2.59. The molecule has 1 fully saturated rings. The van der Waals surface area contributed by atoms with Crippen LogP contribution in [0.5, 0.6) is 0 Å². The van der Waals surface area contributed by atoms with Crippen molar-refractivity contribution in [2.75, 3.05) is 0 Å². The molecule has 2 atom stereocenters. The lowest BCUT2D eigenvalue weighted by atomic mass is 9.64. The van der Waals surface area contributed by atoms with Crippen LogP contribution < -0.4 is 0 Å². The van der Waals surface area contributed by atoms with Crippen LogP contribution in [0.25, 0.3) is 0 Å². The third kappa shape index (κ3) is 3.48. The van der Waals surface area contributed by atoms with Crippen LogP contribution in [0.3, 0.4) is 0 Å². The normalized spacial score (nSPS) is 20.3. The van der Waals surface area contributed by atoms with Gasteiger partial charge in [-0.15, -0.1) is 0 Å². The van der Waals surface area contributed by atoms with Crippen molar-refractivity contribution in [1.29, 1.82) is 0 Å². The van der Waals surface area contributed by atoms with E-state index in [0.717, 1.165) is 12.8 Å². The zero-order valence-corrected chi connectivity index (χ0v) is 12.3. The minimum atomic E-state index is -1.08. The second-order valence-corrected chi connectivity index (χ2v) is 6.74. The molecule has 4 heteroatoms. The van der Waals surface area contributed by atoms with Crippen molar-refractivity contribution in [3.63, 3.8) is 0 Å². The van der Waals surface area contributed by atoms with E-state index >= 15 is 0 Å². The molecule has 19 heavy (non-hydrogen) atoms. The molecular weight excluding hydrogens is 244 g/mol. The Balaban J connectivity index is 3.17. The van der Waals surface area contributed by atoms with Crippen molar-refractivity contribution in [3.05, 3.63) is 0 Å². The zero-order valence-electron chi connectivity index (χ0n) is 12.3. The van der Waals surface area contributed by atoms with Crippen molar-refractivity contribution in [2.24, 2.45) is 29.1 Å². The Labute approximate surface area is 115 Å². The standard InChI is InChI=1S/C15H26O4/c1-9(2)7-12(13(16)17)15(14(18)19,8-10(3)4)11-5-6-11/h9-12H,5-8H2,1-4H3,(H,16,17)(H,18,19). The first kappa shape index (κ1) is 16.0. The summed E-state index contributed by atoms with van der Waals surface area (Å²) < 4.78 is 0. The fourth-order valence-corrected chi connectivity index (χ4v) is 3.28. The van der Waals surface area contributed by atoms with E-state index in [4.69, 9.17) is 0 Å². The molecule has 0 spiro atoms. The zero-order chi connectivity index (χ0) is 14.8. The molecule has 0 radical (unpaired) electrons. The van der Waals surface area contributed by atoms with Crippen LogP contribution in [0, 0.1) is 29.1 Å². The maximum atomic E-state index is 11.9. The first-order valence-electron chi connectivity index (χ1n) is 7.18. The Morgan fingerprint density at radius 3 is 1.89 bits per heavy atom. The van der Waals surface area contributed by atoms with Crippen LogP contribution in [0.1, 0.15) is 53.4 Å². The average molecular weight is 270 g/mol. The molecule has 1 aliphatic rings. The second kappa shape index (κ2) is 5.93. The summed E-state index contributed by atoms with van der Waals surface area (Å²) in [6.45, 7) is 7.83. The molecule has 0 heterocycles. The van der Waals surface area contributed by atoms with Crippen molar-refractivity contribution < 1.29 is 19.8 Å². The number of carboxylic acids is 2. The van der Waals surface area contributed by atoms with E-state index in [9.17, 15) is 19.8 Å². The number of hydrogen-bond acceptors (Lipinski definition) is 2. The SMILES string of the molecule is CC(C)CC(C(=O)O)C(CC(C)C)(C(=O)O)C1CC1. The number of hydrogen-bond donors (Lipinski definition) is 2. The summed E-state index contributed by atoms with van der Waals surface area (Å²) in [4.78, 5) is 23.5. The molecule has 0 aromatic rings. The highest BCUT2D eigenvalue weighted by molar-refractivity contribution is 5.84. The van der Waals surface area contributed by atoms with Gasteiger partial charge in [0.2, 0.25) is 0 Å². The van der Waals surface area contributed by atoms with E-state index in [-0.39, 0.29) is 17.8 Å². The predicted octanol–water partition coefficient (Wildman–Crippen LogP) is 3.26. The van der Waals surface area contributed by atoms with Crippen LogP contribution in [0.2, 0.25) is 0 Å². The van der Waals surface area contributed by atoms with Crippen molar-refractivity contribution >= 4 is 11.9 Å². The highest BCUT2D eigenvalue weighted by Crippen LogP contribution is 2.55. The molecule has 2 unspecified atom stereocenters. The van der Waals surface area contributed by atoms with E-state index in [2.05, 4.69) is 0 Å². The van der Waals surface area contributed by atoms with Gasteiger partial charge in [-0.05, 0) is 43.4 Å². The molecule has 1 rings (SSSR count). The Kier molecular flexibility index (Phi) is 4.99. The second-order valence-electron chi connectivity index (χ2n) is 6.74. The first-order valence-corrected chi connectivity index (χ1v) is 7.18. The minimum absolute atomic E-state index is 0.0345. The molecule has 0 bridgehead atoms. The lowest BCUT2D eigenvalue weighted by Gasteiger charge is -2.37. The van der Waals surface area contributed by atoms with Gasteiger partial charge in [0.05, 0.1) is 11.3 Å². The molecule has 0 aromatic carbocycles. The summed E-state index contributed by atoms with van der Waals surface area (Å²) >= 11 is 0. The first-order chi connectivity index (χ1) is 8.71. The van der Waals surface area contributed by atoms with Crippen molar-refractivity contribution in [2.45, 2.75) is 53.4 Å². The van der Waals surface area contributed by atoms with E-state index in [1.165, 1.54) is 0 Å². The smallest absolute Gasteiger partial charge is 0.310 e. The van der Waals surface area contributed by atoms with Gasteiger partial charge in [0.1, 0.15) is 0 Å². The van der Waals surface area contributed by atoms with Gasteiger partial charge in [0.15, 0.2) is 0 Å². The summed E-state index contributed by atoms with van der Waals surface area (Å²) in [6, 6.07) is 0. The monoisotopic (exact) mass is 270 g/mol. The van der Waals surface area contributed by atoms with Crippen molar-refractivity contribution in [1.82, 2.24) is 0 Å². The summed E-state index contributed by atoms with van der Waals surface area (Å²) in [7, 11) is 0. The average Bonchev–Trinajstić information content (AvgIpc) is 3.05. The number of rotatable bonds is 8. The Morgan fingerprint density at radius 1 is 1.11 bits per heavy atom. The highest BCUT2D eigenvalue weighted by Gasteiger charge is 2.58. The van der Waals surface area contributed by atoms with Gasteiger partial charge in [-0.3, -0.25) is 9.59 Å². The molecule has 1 saturated carbocycles. The highest BCUT2D eigenvalue weighted by atomic mass is 16.4. The Bertz CT molecular complexity index is 344. The largest absolute Gasteiger partial charge is 0.481 e. The summed E-state index contributed by atoms with van der Waals surface area (Å²) in [5, 5.41) is 19.3. The van der Waals surface area contributed by atoms with Crippen molar-refractivity contribution in [3.8, 4) is 0 Å². The molecule has 110 valence electrons. The van der Waals surface area contributed by atoms with E-state index in [1.54, 1.807) is 0 Å². The van der Waals surface area contributed by atoms with Crippen LogP contribution in [-0.2, 0) is 9.59 Å². The fraction of sp³-hybridized carbons (Fsp3) is 0.867. The third-order valence-electron chi connectivity index (χ3n) is 4.08. The van der Waals surface area contributed by atoms with Gasteiger partial charge in [0.25, 0.3) is 0 Å². The Morgan fingerprint density at radius 2 is 1.63 bits per heavy atom. The molecule has 1 aliphatic carbocycles. The lowest BCUT2D eigenvalue weighted by molar-refractivity contribution is -0.167. The molecular formula is C15H26O4. The molecule has 0 aliphatic heterocycles. The lowest BCUT2D eigenvalue weighted by Crippen LogP contribution is -2.46. The number of carbonyl (C=O) groups is 2. The van der Waals surface area contributed by atoms with E-state index in [0.29, 0.717) is 12.8 Å². The summed E-state index contributed by atoms with van der Waals surface area (Å²) in [5.41, 5.74) is -1.08. The topological polar surface area (TPSA) is 74.6 Å². The fourth-order valence-electron chi connectivity index (χ4n) is 3.28. The van der Waals surface area contributed by atoms with E-state index in [1.807, 2.05) is 27.7 Å². The quantitative estimate of drug-likeness (QED) is 0.710. The van der Waals surface area contributed by atoms with E-state index < -0.39 is 23.3 Å². The van der Waals surface area contributed by atoms with Gasteiger partial charge >= 0.3 is 11.9 Å². The maximum Gasteiger partial charge on any atom is 0.310 e. The van der Waals surface area contributed by atoms with Crippen LogP contribution >= 0.6 is 0 Å². The summed E-state index contributed by atoms with van der Waals surface area (Å²) in [5.74, 6) is -2.25. The number of aliphatic carboxylic acids is 2. The molecule has 2 N–H and O–H groups in total. The van der Waals surface area contributed by atoms with Gasteiger partial charge < -0.3 is 10.2 Å². The van der Waals surface area contributed by atoms with Gasteiger partial charge in [-0.2, -0.15) is 0 Å². The molecule has 0 aromatic heterocycles. The third-order valence-corrected chi connectivity index (χ3v) is 4.08. The van der Waals surface area contributed by atoms with Crippen LogP contribution in [0.15, 0.2) is 0 Å². The molecule has 4 nitrogen and oxygen atoms in total.